The van der Waals surface area contributed by atoms with Crippen molar-refractivity contribution in [3.8, 4) is 0 Å². The molecule has 4 rings (SSSR count). The van der Waals surface area contributed by atoms with Gasteiger partial charge in [0.15, 0.2) is 5.96 Å². The van der Waals surface area contributed by atoms with E-state index in [1.165, 1.54) is 49.9 Å². The van der Waals surface area contributed by atoms with E-state index in [9.17, 15) is 4.79 Å². The number of hydrogen-bond acceptors (Lipinski definition) is 4. The summed E-state index contributed by atoms with van der Waals surface area (Å²) < 4.78 is 0. The van der Waals surface area contributed by atoms with Crippen LogP contribution in [0.3, 0.4) is 0 Å². The molecule has 3 fully saturated rings. The highest BCUT2D eigenvalue weighted by Crippen LogP contribution is 2.18. The molecule has 1 aromatic rings. The number of benzene rings is 1. The topological polar surface area (TPSA) is 63.2 Å². The summed E-state index contributed by atoms with van der Waals surface area (Å²) in [5.41, 5.74) is 2.78. The molecule has 0 aromatic heterocycles. The number of likely N-dealkylation sites (tertiary alicyclic amines) is 1. The molecule has 3 aliphatic rings. The van der Waals surface area contributed by atoms with Gasteiger partial charge in [-0.15, -0.1) is 0 Å². The van der Waals surface area contributed by atoms with Gasteiger partial charge in [0.2, 0.25) is 5.91 Å². The second-order valence-electron chi connectivity index (χ2n) is 9.46. The van der Waals surface area contributed by atoms with Crippen molar-refractivity contribution >= 4 is 11.9 Å². The number of guanidine groups is 1. The first-order chi connectivity index (χ1) is 15.7. The van der Waals surface area contributed by atoms with Crippen molar-refractivity contribution in [3.05, 3.63) is 35.4 Å². The van der Waals surface area contributed by atoms with Crippen LogP contribution in [0.25, 0.3) is 0 Å². The predicted octanol–water partition coefficient (Wildman–Crippen LogP) is 2.03. The van der Waals surface area contributed by atoms with Crippen LogP contribution in [-0.2, 0) is 17.9 Å². The van der Waals surface area contributed by atoms with Gasteiger partial charge in [-0.1, -0.05) is 37.1 Å². The maximum atomic E-state index is 12.1. The fourth-order valence-corrected chi connectivity index (χ4v) is 4.75. The molecule has 1 amide bonds. The zero-order chi connectivity index (χ0) is 22.2. The van der Waals surface area contributed by atoms with Crippen LogP contribution < -0.4 is 10.6 Å². The van der Waals surface area contributed by atoms with Crippen molar-refractivity contribution in [1.29, 1.82) is 0 Å². The maximum absolute atomic E-state index is 12.1. The number of carbonyl (C=O) groups excluding carboxylic acids is 1. The number of aliphatic imine (C=N–C) groups is 1. The molecular weight excluding hydrogens is 400 g/mol. The van der Waals surface area contributed by atoms with E-state index in [4.69, 9.17) is 0 Å². The van der Waals surface area contributed by atoms with E-state index in [0.29, 0.717) is 12.6 Å². The fraction of sp³-hybridized carbons (Fsp3) is 0.680. The number of amides is 1. The van der Waals surface area contributed by atoms with Crippen LogP contribution in [0.5, 0.6) is 0 Å². The lowest BCUT2D eigenvalue weighted by Crippen LogP contribution is -2.54. The average molecular weight is 441 g/mol. The minimum atomic E-state index is 0.171. The minimum Gasteiger partial charge on any atom is -0.352 e. The molecular formula is C25H40N6O. The molecule has 0 spiro atoms. The van der Waals surface area contributed by atoms with Crippen LogP contribution in [0.4, 0.5) is 0 Å². The summed E-state index contributed by atoms with van der Waals surface area (Å²) in [6, 6.07) is 9.25. The standard InChI is InChI=1S/C25H40N6O/c1-26-25(31-16-14-30(15-17-31)20-24(32)28-23-10-11-23)27-18-21-8-4-5-9-22(21)19-29-12-6-2-3-7-13-29/h4-5,8-9,23H,2-3,6-7,10-20H2,1H3,(H,26,27)(H,28,32). The van der Waals surface area contributed by atoms with Gasteiger partial charge in [-0.2, -0.15) is 0 Å². The first-order valence-electron chi connectivity index (χ1n) is 12.5. The van der Waals surface area contributed by atoms with Crippen molar-refractivity contribution in [1.82, 2.24) is 25.3 Å². The van der Waals surface area contributed by atoms with E-state index in [-0.39, 0.29) is 5.91 Å². The highest BCUT2D eigenvalue weighted by atomic mass is 16.2. The lowest BCUT2D eigenvalue weighted by atomic mass is 10.1. The lowest BCUT2D eigenvalue weighted by Gasteiger charge is -2.36. The van der Waals surface area contributed by atoms with Gasteiger partial charge in [0, 0.05) is 52.4 Å². The summed E-state index contributed by atoms with van der Waals surface area (Å²) in [4.78, 5) is 23.8. The largest absolute Gasteiger partial charge is 0.352 e. The third-order valence-corrected chi connectivity index (χ3v) is 6.84. The monoisotopic (exact) mass is 440 g/mol. The van der Waals surface area contributed by atoms with Crippen molar-refractivity contribution in [2.75, 3.05) is 52.9 Å². The number of nitrogens with zero attached hydrogens (tertiary/aromatic N) is 4. The summed E-state index contributed by atoms with van der Waals surface area (Å²) in [6.45, 7) is 8.35. The van der Waals surface area contributed by atoms with Gasteiger partial charge in [-0.05, 0) is 49.9 Å². The van der Waals surface area contributed by atoms with Gasteiger partial charge in [-0.25, -0.2) is 0 Å². The molecule has 1 saturated carbocycles. The van der Waals surface area contributed by atoms with Crippen LogP contribution in [0.2, 0.25) is 0 Å². The van der Waals surface area contributed by atoms with Gasteiger partial charge in [0.05, 0.1) is 6.54 Å². The molecule has 7 heteroatoms. The van der Waals surface area contributed by atoms with Crippen LogP contribution in [-0.4, -0.2) is 85.5 Å². The minimum absolute atomic E-state index is 0.171. The Bertz CT molecular complexity index is 761. The SMILES string of the molecule is CN=C(NCc1ccccc1CN1CCCCCC1)N1CCN(CC(=O)NC2CC2)CC1. The van der Waals surface area contributed by atoms with Gasteiger partial charge in [-0.3, -0.25) is 19.6 Å². The number of piperazine rings is 1. The quantitative estimate of drug-likeness (QED) is 0.502. The molecule has 0 atom stereocenters. The molecule has 176 valence electrons. The first kappa shape index (κ1) is 23.1. The van der Waals surface area contributed by atoms with E-state index in [2.05, 4.69) is 54.6 Å². The molecule has 1 aromatic carbocycles. The first-order valence-corrected chi connectivity index (χ1v) is 12.5. The van der Waals surface area contributed by atoms with Gasteiger partial charge < -0.3 is 15.5 Å². The van der Waals surface area contributed by atoms with Crippen molar-refractivity contribution in [2.45, 2.75) is 57.7 Å². The summed E-state index contributed by atoms with van der Waals surface area (Å²) in [7, 11) is 1.86. The zero-order valence-corrected chi connectivity index (χ0v) is 19.7. The number of rotatable bonds is 7. The summed E-state index contributed by atoms with van der Waals surface area (Å²) in [6.07, 6.45) is 7.66. The number of carbonyl (C=O) groups is 1. The summed E-state index contributed by atoms with van der Waals surface area (Å²) >= 11 is 0. The second-order valence-corrected chi connectivity index (χ2v) is 9.46. The molecule has 1 aliphatic carbocycles. The zero-order valence-electron chi connectivity index (χ0n) is 19.7. The molecule has 32 heavy (non-hydrogen) atoms. The van der Waals surface area contributed by atoms with Gasteiger partial charge >= 0.3 is 0 Å². The normalized spacial score (nSPS) is 21.3. The Morgan fingerprint density at radius 3 is 2.28 bits per heavy atom. The fourth-order valence-electron chi connectivity index (χ4n) is 4.75. The number of nitrogens with one attached hydrogen (secondary N) is 2. The highest BCUT2D eigenvalue weighted by Gasteiger charge is 2.26. The Labute approximate surface area is 193 Å². The van der Waals surface area contributed by atoms with Gasteiger partial charge in [0.25, 0.3) is 0 Å². The van der Waals surface area contributed by atoms with Crippen molar-refractivity contribution in [2.24, 2.45) is 4.99 Å². The lowest BCUT2D eigenvalue weighted by molar-refractivity contribution is -0.122. The van der Waals surface area contributed by atoms with E-state index in [1.807, 2.05) is 7.05 Å². The van der Waals surface area contributed by atoms with Crippen LogP contribution >= 0.6 is 0 Å². The van der Waals surface area contributed by atoms with E-state index >= 15 is 0 Å². The second kappa shape index (κ2) is 11.7. The Morgan fingerprint density at radius 1 is 0.938 bits per heavy atom. The van der Waals surface area contributed by atoms with E-state index in [1.54, 1.807) is 0 Å². The Hall–Kier alpha value is -2.12. The number of hydrogen-bond donors (Lipinski definition) is 2. The van der Waals surface area contributed by atoms with Crippen LogP contribution in [0.1, 0.15) is 49.7 Å². The highest BCUT2D eigenvalue weighted by molar-refractivity contribution is 5.80. The third kappa shape index (κ3) is 6.94. The third-order valence-electron chi connectivity index (χ3n) is 6.84. The average Bonchev–Trinajstić information content (AvgIpc) is 3.64. The Morgan fingerprint density at radius 2 is 1.62 bits per heavy atom. The van der Waals surface area contributed by atoms with Crippen molar-refractivity contribution in [3.63, 3.8) is 0 Å². The van der Waals surface area contributed by atoms with Crippen molar-refractivity contribution < 1.29 is 4.79 Å². The molecule has 7 nitrogen and oxygen atoms in total. The molecule has 2 aliphatic heterocycles. The van der Waals surface area contributed by atoms with Crippen LogP contribution in [0.15, 0.2) is 29.3 Å². The molecule has 2 saturated heterocycles. The Balaban J connectivity index is 1.25. The molecule has 0 unspecified atom stereocenters. The van der Waals surface area contributed by atoms with Crippen LogP contribution in [0, 0.1) is 0 Å². The Kier molecular flexibility index (Phi) is 8.40. The molecule has 2 heterocycles. The van der Waals surface area contributed by atoms with E-state index in [0.717, 1.165) is 58.1 Å². The molecule has 2 N–H and O–H groups in total. The maximum Gasteiger partial charge on any atom is 0.234 e. The van der Waals surface area contributed by atoms with Gasteiger partial charge in [0.1, 0.15) is 0 Å². The molecule has 0 radical (unpaired) electrons. The molecule has 0 bridgehead atoms. The smallest absolute Gasteiger partial charge is 0.234 e. The van der Waals surface area contributed by atoms with E-state index < -0.39 is 0 Å². The summed E-state index contributed by atoms with van der Waals surface area (Å²) in [5, 5.41) is 6.68. The summed E-state index contributed by atoms with van der Waals surface area (Å²) in [5.74, 6) is 1.13. The predicted molar refractivity (Wildman–Crippen MR) is 130 cm³/mol.